The third-order valence-electron chi connectivity index (χ3n) is 9.76. The molecule has 0 saturated carbocycles. The first-order valence-corrected chi connectivity index (χ1v) is 23.3. The highest BCUT2D eigenvalue weighted by Crippen LogP contribution is 2.14. The van der Waals surface area contributed by atoms with Crippen LogP contribution in [0.5, 0.6) is 0 Å². The Kier molecular flexibility index (Phi) is 42.5. The minimum Gasteiger partial charge on any atom is -0.462 e. The minimum absolute atomic E-state index is 0.0896. The van der Waals surface area contributed by atoms with Crippen molar-refractivity contribution < 1.29 is 28.6 Å². The van der Waals surface area contributed by atoms with Gasteiger partial charge in [0.1, 0.15) is 13.2 Å². The van der Waals surface area contributed by atoms with Gasteiger partial charge in [-0.3, -0.25) is 14.4 Å². The molecule has 0 aliphatic rings. The number of ether oxygens (including phenoxy) is 3. The SMILES string of the molecule is CC/C=C\C/C=C\C/C=C\C/C=C\CCCCCC(=O)OCC(COC(=O)CCCCCC/C=C\CCCC)OC(=O)CCCCCCCCCCCCCC. The molecule has 6 heteroatoms. The van der Waals surface area contributed by atoms with E-state index in [0.29, 0.717) is 19.3 Å². The second-order valence-corrected chi connectivity index (χ2v) is 15.3. The van der Waals surface area contributed by atoms with Crippen molar-refractivity contribution in [2.75, 3.05) is 13.2 Å². The largest absolute Gasteiger partial charge is 0.462 e. The third kappa shape index (κ3) is 42.3. The van der Waals surface area contributed by atoms with Crippen molar-refractivity contribution >= 4 is 17.9 Å². The maximum atomic E-state index is 12.7. The zero-order valence-electron chi connectivity index (χ0n) is 36.6. The lowest BCUT2D eigenvalue weighted by Crippen LogP contribution is -2.30. The molecule has 0 rings (SSSR count). The fourth-order valence-electron chi connectivity index (χ4n) is 6.24. The van der Waals surface area contributed by atoms with E-state index in [1.165, 1.54) is 70.6 Å². The first kappa shape index (κ1) is 53.1. The Morgan fingerprint density at radius 2 is 0.714 bits per heavy atom. The zero-order chi connectivity index (χ0) is 40.8. The molecule has 6 nitrogen and oxygen atoms in total. The average Bonchev–Trinajstić information content (AvgIpc) is 3.19. The molecule has 322 valence electrons. The summed E-state index contributed by atoms with van der Waals surface area (Å²) in [7, 11) is 0. The van der Waals surface area contributed by atoms with Gasteiger partial charge in [-0.15, -0.1) is 0 Å². The molecule has 0 radical (unpaired) electrons. The van der Waals surface area contributed by atoms with Gasteiger partial charge in [0.15, 0.2) is 6.10 Å². The van der Waals surface area contributed by atoms with E-state index in [0.717, 1.165) is 109 Å². The van der Waals surface area contributed by atoms with Gasteiger partial charge in [-0.1, -0.05) is 184 Å². The second-order valence-electron chi connectivity index (χ2n) is 15.3. The molecule has 0 N–H and O–H groups in total. The molecule has 1 unspecified atom stereocenters. The van der Waals surface area contributed by atoms with Crippen LogP contribution >= 0.6 is 0 Å². The summed E-state index contributed by atoms with van der Waals surface area (Å²) in [6.07, 6.45) is 53.4. The van der Waals surface area contributed by atoms with E-state index in [2.05, 4.69) is 81.5 Å². The second kappa shape index (κ2) is 44.8. The Morgan fingerprint density at radius 3 is 1.18 bits per heavy atom. The van der Waals surface area contributed by atoms with Crippen LogP contribution in [-0.4, -0.2) is 37.2 Å². The van der Waals surface area contributed by atoms with Gasteiger partial charge >= 0.3 is 17.9 Å². The Bertz CT molecular complexity index is 1040. The molecule has 0 amide bonds. The van der Waals surface area contributed by atoms with Crippen molar-refractivity contribution in [1.82, 2.24) is 0 Å². The number of hydrogen-bond acceptors (Lipinski definition) is 6. The van der Waals surface area contributed by atoms with Crippen LogP contribution < -0.4 is 0 Å². The molecule has 0 aromatic rings. The lowest BCUT2D eigenvalue weighted by molar-refractivity contribution is -0.167. The van der Waals surface area contributed by atoms with E-state index in [1.807, 2.05) is 0 Å². The highest BCUT2D eigenvalue weighted by molar-refractivity contribution is 5.71. The summed E-state index contributed by atoms with van der Waals surface area (Å²) in [5.74, 6) is -0.936. The van der Waals surface area contributed by atoms with Gasteiger partial charge in [-0.25, -0.2) is 0 Å². The van der Waals surface area contributed by atoms with Crippen LogP contribution in [0.25, 0.3) is 0 Å². The summed E-state index contributed by atoms with van der Waals surface area (Å²) in [4.78, 5) is 37.7. The molecule has 56 heavy (non-hydrogen) atoms. The van der Waals surface area contributed by atoms with Gasteiger partial charge in [-0.05, 0) is 77.0 Å². The van der Waals surface area contributed by atoms with Crippen molar-refractivity contribution in [2.45, 2.75) is 226 Å². The first-order valence-electron chi connectivity index (χ1n) is 23.3. The number of carbonyl (C=O) groups is 3. The molecule has 0 heterocycles. The highest BCUT2D eigenvalue weighted by Gasteiger charge is 2.19. The van der Waals surface area contributed by atoms with E-state index in [-0.39, 0.29) is 31.1 Å². The number of unbranched alkanes of at least 4 members (excludes halogenated alkanes) is 20. The van der Waals surface area contributed by atoms with E-state index < -0.39 is 6.10 Å². The lowest BCUT2D eigenvalue weighted by atomic mass is 10.0. The summed E-state index contributed by atoms with van der Waals surface area (Å²) in [6.45, 7) is 6.43. The summed E-state index contributed by atoms with van der Waals surface area (Å²) < 4.78 is 16.7. The summed E-state index contributed by atoms with van der Waals surface area (Å²) in [5.41, 5.74) is 0. The van der Waals surface area contributed by atoms with Crippen LogP contribution in [0.2, 0.25) is 0 Å². The van der Waals surface area contributed by atoms with Gasteiger partial charge in [0.25, 0.3) is 0 Å². The molecule has 0 aromatic carbocycles. The van der Waals surface area contributed by atoms with E-state index in [9.17, 15) is 14.4 Å². The Morgan fingerprint density at radius 1 is 0.375 bits per heavy atom. The summed E-state index contributed by atoms with van der Waals surface area (Å²) in [5, 5.41) is 0. The summed E-state index contributed by atoms with van der Waals surface area (Å²) >= 11 is 0. The molecule has 0 bridgehead atoms. The van der Waals surface area contributed by atoms with Crippen LogP contribution in [0.15, 0.2) is 60.8 Å². The van der Waals surface area contributed by atoms with Gasteiger partial charge in [-0.2, -0.15) is 0 Å². The maximum Gasteiger partial charge on any atom is 0.306 e. The third-order valence-corrected chi connectivity index (χ3v) is 9.76. The fraction of sp³-hybridized carbons (Fsp3) is 0.740. The Labute approximate surface area is 345 Å². The molecule has 0 aliphatic carbocycles. The van der Waals surface area contributed by atoms with Crippen molar-refractivity contribution in [1.29, 1.82) is 0 Å². The quantitative estimate of drug-likeness (QED) is 0.0266. The van der Waals surface area contributed by atoms with Crippen molar-refractivity contribution in [3.05, 3.63) is 60.8 Å². The van der Waals surface area contributed by atoms with Crippen LogP contribution in [-0.2, 0) is 28.6 Å². The number of rotatable bonds is 41. The van der Waals surface area contributed by atoms with Crippen molar-refractivity contribution in [3.63, 3.8) is 0 Å². The predicted molar refractivity (Wildman–Crippen MR) is 238 cm³/mol. The molecule has 0 fully saturated rings. The summed E-state index contributed by atoms with van der Waals surface area (Å²) in [6, 6.07) is 0. The molecule has 0 spiro atoms. The Hall–Kier alpha value is -2.89. The molecule has 0 aromatic heterocycles. The monoisotopic (exact) mass is 783 g/mol. The van der Waals surface area contributed by atoms with Crippen LogP contribution in [0.3, 0.4) is 0 Å². The van der Waals surface area contributed by atoms with E-state index >= 15 is 0 Å². The van der Waals surface area contributed by atoms with Crippen molar-refractivity contribution in [3.8, 4) is 0 Å². The molecule has 0 saturated heterocycles. The molecular formula is C50H86O6. The number of allylic oxidation sites excluding steroid dienone is 10. The average molecular weight is 783 g/mol. The zero-order valence-corrected chi connectivity index (χ0v) is 36.6. The van der Waals surface area contributed by atoms with Crippen LogP contribution in [0.1, 0.15) is 220 Å². The fourth-order valence-corrected chi connectivity index (χ4v) is 6.24. The van der Waals surface area contributed by atoms with Crippen LogP contribution in [0, 0.1) is 0 Å². The first-order chi connectivity index (χ1) is 27.5. The van der Waals surface area contributed by atoms with Crippen LogP contribution in [0.4, 0.5) is 0 Å². The minimum atomic E-state index is -0.787. The van der Waals surface area contributed by atoms with Gasteiger partial charge < -0.3 is 14.2 Å². The van der Waals surface area contributed by atoms with Gasteiger partial charge in [0, 0.05) is 19.3 Å². The molecule has 0 aliphatic heterocycles. The molecular weight excluding hydrogens is 697 g/mol. The van der Waals surface area contributed by atoms with Gasteiger partial charge in [0.05, 0.1) is 0 Å². The topological polar surface area (TPSA) is 78.9 Å². The molecule has 1 atom stereocenters. The Balaban J connectivity index is 4.42. The van der Waals surface area contributed by atoms with Crippen molar-refractivity contribution in [2.24, 2.45) is 0 Å². The maximum absolute atomic E-state index is 12.7. The smallest absolute Gasteiger partial charge is 0.306 e. The van der Waals surface area contributed by atoms with E-state index in [4.69, 9.17) is 14.2 Å². The number of hydrogen-bond donors (Lipinski definition) is 0. The standard InChI is InChI=1S/C50H86O6/c1-4-7-10-13-16-19-22-24-25-26-27-29-31-34-37-40-43-49(52)55-46-47(45-54-48(51)42-39-36-33-30-21-18-15-12-9-6-3)56-50(53)44-41-38-35-32-28-23-20-17-14-11-8-5-2/h7,10,15-16,18-19,24-25,27,29,47H,4-6,8-9,11-14,17,20-23,26,28,30-46H2,1-3H3/b10-7-,18-15-,19-16-,25-24-,29-27-. The highest BCUT2D eigenvalue weighted by atomic mass is 16.6. The normalized spacial score (nSPS) is 12.6. The van der Waals surface area contributed by atoms with E-state index in [1.54, 1.807) is 0 Å². The van der Waals surface area contributed by atoms with Gasteiger partial charge in [0.2, 0.25) is 0 Å². The number of carbonyl (C=O) groups excluding carboxylic acids is 3. The number of esters is 3. The lowest BCUT2D eigenvalue weighted by Gasteiger charge is -2.18. The predicted octanol–water partition coefficient (Wildman–Crippen LogP) is 14.9.